The lowest BCUT2D eigenvalue weighted by molar-refractivity contribution is -0.116. The van der Waals surface area contributed by atoms with Crippen LogP contribution < -0.4 is 5.32 Å². The minimum Gasteiger partial charge on any atom is -0.444 e. The fourth-order valence-electron chi connectivity index (χ4n) is 4.03. The second-order valence-electron chi connectivity index (χ2n) is 9.69. The molecule has 0 aromatic heterocycles. The van der Waals surface area contributed by atoms with E-state index in [0.29, 0.717) is 25.2 Å². The van der Waals surface area contributed by atoms with Gasteiger partial charge in [0.2, 0.25) is 5.91 Å². The van der Waals surface area contributed by atoms with E-state index in [1.54, 1.807) is 17.0 Å². The van der Waals surface area contributed by atoms with E-state index in [2.05, 4.69) is 16.8 Å². The molecule has 1 atom stereocenters. The molecule has 0 unspecified atom stereocenters. The Morgan fingerprint density at radius 1 is 1.18 bits per heavy atom. The first-order valence-electron chi connectivity index (χ1n) is 11.6. The zero-order chi connectivity index (χ0) is 24.9. The number of carbonyl (C=O) groups is 2. The summed E-state index contributed by atoms with van der Waals surface area (Å²) in [5.41, 5.74) is 2.64. The first-order chi connectivity index (χ1) is 16.1. The smallest absolute Gasteiger partial charge is 0.410 e. The number of nitrogens with zero attached hydrogens (tertiary/aromatic N) is 2. The zero-order valence-corrected chi connectivity index (χ0v) is 20.4. The summed E-state index contributed by atoms with van der Waals surface area (Å²) in [7, 11) is 0. The zero-order valence-electron chi connectivity index (χ0n) is 20.4. The van der Waals surface area contributed by atoms with E-state index in [1.807, 2.05) is 52.0 Å². The van der Waals surface area contributed by atoms with Gasteiger partial charge in [-0.1, -0.05) is 30.8 Å². The minimum atomic E-state index is -0.516. The van der Waals surface area contributed by atoms with Gasteiger partial charge in [-0.15, -0.1) is 0 Å². The molecule has 1 aliphatic rings. The van der Waals surface area contributed by atoms with Gasteiger partial charge in [0, 0.05) is 44.3 Å². The van der Waals surface area contributed by atoms with E-state index in [4.69, 9.17) is 4.74 Å². The van der Waals surface area contributed by atoms with Gasteiger partial charge in [-0.25, -0.2) is 9.18 Å². The Morgan fingerprint density at radius 3 is 2.62 bits per heavy atom. The lowest BCUT2D eigenvalue weighted by Crippen LogP contribution is -2.54. The second kappa shape index (κ2) is 10.8. The summed E-state index contributed by atoms with van der Waals surface area (Å²) in [5.74, 6) is -0.579. The molecule has 1 aliphatic heterocycles. The molecule has 0 spiro atoms. The van der Waals surface area contributed by atoms with Crippen LogP contribution in [0.25, 0.3) is 11.1 Å². The lowest BCUT2D eigenvalue weighted by atomic mass is 10.00. The van der Waals surface area contributed by atoms with Gasteiger partial charge in [0.15, 0.2) is 0 Å². The fourth-order valence-corrected chi connectivity index (χ4v) is 4.03. The van der Waals surface area contributed by atoms with Crippen LogP contribution in [0.1, 0.15) is 38.8 Å². The number of rotatable bonds is 6. The molecule has 1 heterocycles. The van der Waals surface area contributed by atoms with Crippen molar-refractivity contribution in [1.82, 2.24) is 15.1 Å². The normalized spacial score (nSPS) is 16.7. The van der Waals surface area contributed by atoms with Gasteiger partial charge in [0.1, 0.15) is 11.4 Å². The SMILES string of the molecule is C=CC(=O)NCc1ccc(F)c(-c2cccc(CN3CCN(C(=O)OC(C)(C)C)[C@@H](C)C3)c2)c1. The maximum Gasteiger partial charge on any atom is 0.410 e. The second-order valence-corrected chi connectivity index (χ2v) is 9.69. The highest BCUT2D eigenvalue weighted by Crippen LogP contribution is 2.26. The molecular formula is C27H34FN3O3. The summed E-state index contributed by atoms with van der Waals surface area (Å²) < 4.78 is 20.2. The van der Waals surface area contributed by atoms with E-state index in [-0.39, 0.29) is 23.9 Å². The fraction of sp³-hybridized carbons (Fsp3) is 0.407. The third-order valence-corrected chi connectivity index (χ3v) is 5.67. The molecular weight excluding hydrogens is 433 g/mol. The molecule has 0 saturated carbocycles. The van der Waals surface area contributed by atoms with E-state index >= 15 is 0 Å². The predicted octanol–water partition coefficient (Wildman–Crippen LogP) is 4.74. The third kappa shape index (κ3) is 6.90. The summed E-state index contributed by atoms with van der Waals surface area (Å²) in [6, 6.07) is 12.7. The van der Waals surface area contributed by atoms with Gasteiger partial charge < -0.3 is 15.0 Å². The lowest BCUT2D eigenvalue weighted by Gasteiger charge is -2.40. The van der Waals surface area contributed by atoms with Crippen molar-refractivity contribution in [3.8, 4) is 11.1 Å². The van der Waals surface area contributed by atoms with Crippen LogP contribution in [-0.4, -0.2) is 53.1 Å². The number of piperazine rings is 1. The van der Waals surface area contributed by atoms with Crippen molar-refractivity contribution in [2.24, 2.45) is 0 Å². The number of nitrogens with one attached hydrogen (secondary N) is 1. The van der Waals surface area contributed by atoms with Gasteiger partial charge in [-0.2, -0.15) is 0 Å². The Balaban J connectivity index is 1.67. The summed E-state index contributed by atoms with van der Waals surface area (Å²) in [4.78, 5) is 28.0. The molecule has 2 aromatic carbocycles. The van der Waals surface area contributed by atoms with E-state index in [1.165, 1.54) is 12.1 Å². The summed E-state index contributed by atoms with van der Waals surface area (Å²) >= 11 is 0. The molecule has 1 saturated heterocycles. The van der Waals surface area contributed by atoms with Crippen molar-refractivity contribution in [2.75, 3.05) is 19.6 Å². The van der Waals surface area contributed by atoms with E-state index in [9.17, 15) is 14.0 Å². The van der Waals surface area contributed by atoms with Crippen molar-refractivity contribution in [3.05, 3.63) is 72.1 Å². The first-order valence-corrected chi connectivity index (χ1v) is 11.6. The number of ether oxygens (including phenoxy) is 1. The highest BCUT2D eigenvalue weighted by Gasteiger charge is 2.30. The van der Waals surface area contributed by atoms with Crippen molar-refractivity contribution >= 4 is 12.0 Å². The number of hydrogen-bond donors (Lipinski definition) is 1. The molecule has 34 heavy (non-hydrogen) atoms. The largest absolute Gasteiger partial charge is 0.444 e. The highest BCUT2D eigenvalue weighted by molar-refractivity contribution is 5.86. The van der Waals surface area contributed by atoms with Gasteiger partial charge in [0.05, 0.1) is 0 Å². The Labute approximate surface area is 201 Å². The van der Waals surface area contributed by atoms with Crippen molar-refractivity contribution < 1.29 is 18.7 Å². The first kappa shape index (κ1) is 25.4. The van der Waals surface area contributed by atoms with Crippen LogP contribution in [0.4, 0.5) is 9.18 Å². The number of carbonyl (C=O) groups excluding carboxylic acids is 2. The molecule has 2 amide bonds. The topological polar surface area (TPSA) is 61.9 Å². The Morgan fingerprint density at radius 2 is 1.94 bits per heavy atom. The molecule has 1 N–H and O–H groups in total. The molecule has 182 valence electrons. The molecule has 1 fully saturated rings. The standard InChI is InChI=1S/C27H34FN3O3/c1-6-25(32)29-16-20-10-11-24(28)23(15-20)22-9-7-8-21(14-22)18-30-12-13-31(19(2)17-30)26(33)34-27(3,4)5/h6-11,14-15,19H,1,12-13,16-18H2,2-5H3,(H,29,32)/t19-/m0/s1. The molecule has 7 heteroatoms. The van der Waals surface area contributed by atoms with Gasteiger partial charge in [-0.3, -0.25) is 9.69 Å². The summed E-state index contributed by atoms with van der Waals surface area (Å²) in [6.45, 7) is 14.2. The van der Waals surface area contributed by atoms with Crippen molar-refractivity contribution in [3.63, 3.8) is 0 Å². The summed E-state index contributed by atoms with van der Waals surface area (Å²) in [5, 5.41) is 2.72. The molecule has 6 nitrogen and oxygen atoms in total. The van der Waals surface area contributed by atoms with E-state index < -0.39 is 5.60 Å². The van der Waals surface area contributed by atoms with Gasteiger partial charge in [-0.05, 0) is 68.7 Å². The average molecular weight is 468 g/mol. The Kier molecular flexibility index (Phi) is 8.10. The maximum atomic E-state index is 14.6. The van der Waals surface area contributed by atoms with Crippen molar-refractivity contribution in [1.29, 1.82) is 0 Å². The third-order valence-electron chi connectivity index (χ3n) is 5.67. The van der Waals surface area contributed by atoms with Crippen LogP contribution in [-0.2, 0) is 22.6 Å². The molecule has 3 rings (SSSR count). The van der Waals surface area contributed by atoms with Crippen LogP contribution >= 0.6 is 0 Å². The van der Waals surface area contributed by atoms with Crippen LogP contribution in [0.15, 0.2) is 55.1 Å². The van der Waals surface area contributed by atoms with Crippen LogP contribution in [0.3, 0.4) is 0 Å². The monoisotopic (exact) mass is 467 g/mol. The highest BCUT2D eigenvalue weighted by atomic mass is 19.1. The number of benzene rings is 2. The van der Waals surface area contributed by atoms with Crippen LogP contribution in [0, 0.1) is 5.82 Å². The molecule has 0 aliphatic carbocycles. The summed E-state index contributed by atoms with van der Waals surface area (Å²) in [6.07, 6.45) is 0.934. The quantitative estimate of drug-likeness (QED) is 0.624. The molecule has 0 radical (unpaired) electrons. The number of hydrogen-bond acceptors (Lipinski definition) is 4. The minimum absolute atomic E-state index is 0.0340. The van der Waals surface area contributed by atoms with Crippen molar-refractivity contribution in [2.45, 2.75) is 52.4 Å². The van der Waals surface area contributed by atoms with E-state index in [0.717, 1.165) is 29.8 Å². The van der Waals surface area contributed by atoms with Gasteiger partial charge in [0.25, 0.3) is 0 Å². The molecule has 2 aromatic rings. The average Bonchev–Trinajstić information content (AvgIpc) is 2.77. The van der Waals surface area contributed by atoms with Crippen LogP contribution in [0.5, 0.6) is 0 Å². The predicted molar refractivity (Wildman–Crippen MR) is 132 cm³/mol. The molecule has 0 bridgehead atoms. The number of halogens is 1. The number of amides is 2. The van der Waals surface area contributed by atoms with Gasteiger partial charge >= 0.3 is 6.09 Å². The van der Waals surface area contributed by atoms with Crippen LogP contribution in [0.2, 0.25) is 0 Å². The Bertz CT molecular complexity index is 1050. The maximum absolute atomic E-state index is 14.6. The Hall–Kier alpha value is -3.19.